The van der Waals surface area contributed by atoms with Gasteiger partial charge in [0.1, 0.15) is 5.75 Å². The zero-order valence-electron chi connectivity index (χ0n) is 13.5. The highest BCUT2D eigenvalue weighted by Crippen LogP contribution is 2.19. The van der Waals surface area contributed by atoms with E-state index < -0.39 is 10.0 Å². The summed E-state index contributed by atoms with van der Waals surface area (Å²) in [5.41, 5.74) is 1.99. The Hall–Kier alpha value is -1.89. The summed E-state index contributed by atoms with van der Waals surface area (Å²) < 4.78 is 25.3. The molecular weight excluding hydrogens is 312 g/mol. The van der Waals surface area contributed by atoms with Gasteiger partial charge in [0.25, 0.3) is 0 Å². The topological polar surface area (TPSA) is 69.6 Å². The molecule has 0 bridgehead atoms. The number of rotatable bonds is 6. The van der Waals surface area contributed by atoms with Crippen molar-refractivity contribution in [2.24, 2.45) is 0 Å². The fraction of sp³-hybridized carbons (Fsp3) is 0.294. The molecule has 124 valence electrons. The third-order valence-corrected chi connectivity index (χ3v) is 5.51. The van der Waals surface area contributed by atoms with Crippen molar-refractivity contribution in [3.05, 3.63) is 59.7 Å². The van der Waals surface area contributed by atoms with Crippen LogP contribution in [0.4, 0.5) is 0 Å². The van der Waals surface area contributed by atoms with E-state index in [2.05, 4.69) is 5.32 Å². The minimum atomic E-state index is -3.39. The van der Waals surface area contributed by atoms with Gasteiger partial charge in [0.2, 0.25) is 10.0 Å². The van der Waals surface area contributed by atoms with Crippen molar-refractivity contribution in [3.63, 3.8) is 0 Å². The van der Waals surface area contributed by atoms with Gasteiger partial charge in [0, 0.05) is 26.7 Å². The second-order valence-electron chi connectivity index (χ2n) is 5.63. The van der Waals surface area contributed by atoms with Crippen LogP contribution in [0, 0.1) is 0 Å². The number of sulfonamides is 1. The van der Waals surface area contributed by atoms with Gasteiger partial charge >= 0.3 is 0 Å². The molecule has 0 aliphatic carbocycles. The molecule has 2 N–H and O–H groups in total. The summed E-state index contributed by atoms with van der Waals surface area (Å²) in [6.45, 7) is 2.63. The summed E-state index contributed by atoms with van der Waals surface area (Å²) in [7, 11) is -0.361. The van der Waals surface area contributed by atoms with E-state index in [0.717, 1.165) is 11.1 Å². The highest BCUT2D eigenvalue weighted by molar-refractivity contribution is 7.89. The van der Waals surface area contributed by atoms with E-state index in [9.17, 15) is 13.5 Å². The van der Waals surface area contributed by atoms with Crippen LogP contribution >= 0.6 is 0 Å². The molecule has 0 aliphatic rings. The SMILES string of the molecule is CC(NCc1cccc(O)c1)c1ccc(S(=O)(=O)N(C)C)cc1. The molecule has 0 heterocycles. The lowest BCUT2D eigenvalue weighted by Gasteiger charge is -2.16. The third-order valence-electron chi connectivity index (χ3n) is 3.68. The highest BCUT2D eigenvalue weighted by Gasteiger charge is 2.17. The molecule has 1 unspecified atom stereocenters. The molecule has 0 aromatic heterocycles. The van der Waals surface area contributed by atoms with Crippen LogP contribution < -0.4 is 5.32 Å². The van der Waals surface area contributed by atoms with Crippen LogP contribution in [-0.4, -0.2) is 31.9 Å². The Bertz CT molecular complexity index is 756. The van der Waals surface area contributed by atoms with Crippen molar-refractivity contribution < 1.29 is 13.5 Å². The molecule has 0 aliphatic heterocycles. The molecular formula is C17H22N2O3S. The number of aromatic hydroxyl groups is 1. The predicted molar refractivity (Wildman–Crippen MR) is 90.7 cm³/mol. The summed E-state index contributed by atoms with van der Waals surface area (Å²) in [6.07, 6.45) is 0. The summed E-state index contributed by atoms with van der Waals surface area (Å²) in [5, 5.41) is 12.8. The molecule has 1 atom stereocenters. The normalized spacial score (nSPS) is 13.2. The quantitative estimate of drug-likeness (QED) is 0.851. The molecule has 6 heteroatoms. The zero-order chi connectivity index (χ0) is 17.0. The van der Waals surface area contributed by atoms with Crippen LogP contribution in [0.1, 0.15) is 24.1 Å². The second kappa shape index (κ2) is 7.12. The van der Waals surface area contributed by atoms with Gasteiger partial charge in [-0.2, -0.15) is 0 Å². The molecule has 0 saturated carbocycles. The van der Waals surface area contributed by atoms with Gasteiger partial charge in [-0.15, -0.1) is 0 Å². The Labute approximate surface area is 137 Å². The number of hydrogen-bond acceptors (Lipinski definition) is 4. The van der Waals surface area contributed by atoms with Crippen molar-refractivity contribution in [1.82, 2.24) is 9.62 Å². The van der Waals surface area contributed by atoms with Gasteiger partial charge in [0.05, 0.1) is 4.90 Å². The van der Waals surface area contributed by atoms with Crippen LogP contribution in [0.2, 0.25) is 0 Å². The van der Waals surface area contributed by atoms with Crippen LogP contribution in [0.25, 0.3) is 0 Å². The smallest absolute Gasteiger partial charge is 0.242 e. The molecule has 2 rings (SSSR count). The first kappa shape index (κ1) is 17.5. The lowest BCUT2D eigenvalue weighted by atomic mass is 10.1. The Morgan fingerprint density at radius 1 is 1.13 bits per heavy atom. The highest BCUT2D eigenvalue weighted by atomic mass is 32.2. The van der Waals surface area contributed by atoms with Gasteiger partial charge in [-0.05, 0) is 42.3 Å². The Morgan fingerprint density at radius 2 is 1.78 bits per heavy atom. The molecule has 2 aromatic rings. The van der Waals surface area contributed by atoms with Gasteiger partial charge in [0.15, 0.2) is 0 Å². The molecule has 0 amide bonds. The summed E-state index contributed by atoms with van der Waals surface area (Å²) in [5.74, 6) is 0.246. The second-order valence-corrected chi connectivity index (χ2v) is 7.78. The minimum Gasteiger partial charge on any atom is -0.508 e. The van der Waals surface area contributed by atoms with Gasteiger partial charge in [-0.3, -0.25) is 0 Å². The van der Waals surface area contributed by atoms with Gasteiger partial charge in [-0.25, -0.2) is 12.7 Å². The van der Waals surface area contributed by atoms with Crippen molar-refractivity contribution in [2.75, 3.05) is 14.1 Å². The van der Waals surface area contributed by atoms with Crippen molar-refractivity contribution >= 4 is 10.0 Å². The number of phenolic OH excluding ortho intramolecular Hbond substituents is 1. The van der Waals surface area contributed by atoms with E-state index in [1.807, 2.05) is 25.1 Å². The molecule has 5 nitrogen and oxygen atoms in total. The minimum absolute atomic E-state index is 0.0634. The number of nitrogens with one attached hydrogen (secondary N) is 1. The van der Waals surface area contributed by atoms with E-state index in [1.165, 1.54) is 18.4 Å². The standard InChI is InChI=1S/C17H22N2O3S/c1-13(18-12-14-5-4-6-16(20)11-14)15-7-9-17(10-8-15)23(21,22)19(2)3/h4-11,13,18,20H,12H2,1-3H3. The Morgan fingerprint density at radius 3 is 2.35 bits per heavy atom. The fourth-order valence-electron chi connectivity index (χ4n) is 2.19. The van der Waals surface area contributed by atoms with Crippen LogP contribution in [0.15, 0.2) is 53.4 Å². The van der Waals surface area contributed by atoms with E-state index >= 15 is 0 Å². The third kappa shape index (κ3) is 4.31. The van der Waals surface area contributed by atoms with Crippen LogP contribution in [0.3, 0.4) is 0 Å². The largest absolute Gasteiger partial charge is 0.508 e. The van der Waals surface area contributed by atoms with E-state index in [-0.39, 0.29) is 16.7 Å². The number of hydrogen-bond donors (Lipinski definition) is 2. The monoisotopic (exact) mass is 334 g/mol. The molecule has 0 spiro atoms. The van der Waals surface area contributed by atoms with Gasteiger partial charge < -0.3 is 10.4 Å². The van der Waals surface area contributed by atoms with E-state index in [1.54, 1.807) is 30.3 Å². The van der Waals surface area contributed by atoms with E-state index in [0.29, 0.717) is 6.54 Å². The number of phenols is 1. The summed E-state index contributed by atoms with van der Waals surface area (Å²) in [6, 6.07) is 14.0. The van der Waals surface area contributed by atoms with Crippen molar-refractivity contribution in [1.29, 1.82) is 0 Å². The number of benzene rings is 2. The number of nitrogens with zero attached hydrogens (tertiary/aromatic N) is 1. The van der Waals surface area contributed by atoms with Crippen LogP contribution in [0.5, 0.6) is 5.75 Å². The lowest BCUT2D eigenvalue weighted by molar-refractivity contribution is 0.473. The maximum absolute atomic E-state index is 12.0. The van der Waals surface area contributed by atoms with Crippen molar-refractivity contribution in [2.45, 2.75) is 24.4 Å². The van der Waals surface area contributed by atoms with Crippen molar-refractivity contribution in [3.8, 4) is 5.75 Å². The van der Waals surface area contributed by atoms with Gasteiger partial charge in [-0.1, -0.05) is 24.3 Å². The lowest BCUT2D eigenvalue weighted by Crippen LogP contribution is -2.22. The molecule has 0 fully saturated rings. The average molecular weight is 334 g/mol. The average Bonchev–Trinajstić information content (AvgIpc) is 2.52. The Kier molecular flexibility index (Phi) is 5.41. The summed E-state index contributed by atoms with van der Waals surface area (Å²) >= 11 is 0. The van der Waals surface area contributed by atoms with Crippen LogP contribution in [-0.2, 0) is 16.6 Å². The summed E-state index contributed by atoms with van der Waals surface area (Å²) in [4.78, 5) is 0.284. The van der Waals surface area contributed by atoms with E-state index in [4.69, 9.17) is 0 Å². The first-order chi connectivity index (χ1) is 10.8. The molecule has 23 heavy (non-hydrogen) atoms. The molecule has 2 aromatic carbocycles. The maximum atomic E-state index is 12.0. The molecule has 0 radical (unpaired) electrons. The zero-order valence-corrected chi connectivity index (χ0v) is 14.3. The predicted octanol–water partition coefficient (Wildman–Crippen LogP) is 2.49. The first-order valence-corrected chi connectivity index (χ1v) is 8.78. The maximum Gasteiger partial charge on any atom is 0.242 e. The molecule has 0 saturated heterocycles. The Balaban J connectivity index is 2.04. The first-order valence-electron chi connectivity index (χ1n) is 7.34. The fourth-order valence-corrected chi connectivity index (χ4v) is 3.10.